The number of aromatic nitrogens is 2. The quantitative estimate of drug-likeness (QED) is 0.766. The molecule has 2 N–H and O–H groups in total. The van der Waals surface area contributed by atoms with Crippen LogP contribution < -0.4 is 10.1 Å². The number of hydrogen-bond acceptors (Lipinski definition) is 3. The third-order valence-corrected chi connectivity index (χ3v) is 3.01. The molecule has 1 heterocycles. The molecule has 0 radical (unpaired) electrons. The summed E-state index contributed by atoms with van der Waals surface area (Å²) in [4.78, 5) is 18.7. The number of nitrogens with one attached hydrogen (secondary N) is 2. The maximum atomic E-state index is 11.4. The Morgan fingerprint density at radius 2 is 2.00 bits per heavy atom. The first-order chi connectivity index (χ1) is 10.2. The number of rotatable bonds is 4. The molecule has 5 heteroatoms. The zero-order valence-electron chi connectivity index (χ0n) is 11.6. The van der Waals surface area contributed by atoms with Gasteiger partial charge in [-0.15, -0.1) is 0 Å². The fourth-order valence-corrected chi connectivity index (χ4v) is 1.96. The molecule has 0 atom stereocenters. The number of carbonyl (C=O) groups excluding carboxylic acids is 1. The fraction of sp³-hybridized carbons (Fsp3) is 0.125. The van der Waals surface area contributed by atoms with Crippen LogP contribution in [0.2, 0.25) is 0 Å². The molecule has 2 aromatic carbocycles. The Hall–Kier alpha value is -2.82. The van der Waals surface area contributed by atoms with Gasteiger partial charge < -0.3 is 9.72 Å². The summed E-state index contributed by atoms with van der Waals surface area (Å²) in [6.07, 6.45) is 0.416. The third-order valence-electron chi connectivity index (χ3n) is 3.01. The van der Waals surface area contributed by atoms with Gasteiger partial charge in [-0.05, 0) is 24.3 Å². The van der Waals surface area contributed by atoms with Gasteiger partial charge in [0.15, 0.2) is 0 Å². The molecule has 0 aliphatic rings. The van der Waals surface area contributed by atoms with E-state index in [2.05, 4.69) is 15.3 Å². The Bertz CT molecular complexity index is 766. The molecule has 0 saturated carbocycles. The van der Waals surface area contributed by atoms with E-state index in [4.69, 9.17) is 4.74 Å². The predicted octanol–water partition coefficient (Wildman–Crippen LogP) is 3.70. The van der Waals surface area contributed by atoms with Crippen molar-refractivity contribution in [2.24, 2.45) is 0 Å². The summed E-state index contributed by atoms with van der Waals surface area (Å²) in [5, 5.41) is 2.70. The summed E-state index contributed by atoms with van der Waals surface area (Å²) in [5.74, 6) is 1.87. The van der Waals surface area contributed by atoms with E-state index in [1.165, 1.54) is 0 Å². The number of ether oxygens (including phenoxy) is 1. The summed E-state index contributed by atoms with van der Waals surface area (Å²) in [6.45, 7) is 1.80. The highest BCUT2D eigenvalue weighted by Gasteiger charge is 2.07. The highest BCUT2D eigenvalue weighted by Crippen LogP contribution is 2.25. The molecule has 0 saturated heterocycles. The molecule has 5 nitrogen and oxygen atoms in total. The lowest BCUT2D eigenvalue weighted by molar-refractivity contribution is -0.115. The van der Waals surface area contributed by atoms with Gasteiger partial charge in [-0.3, -0.25) is 10.1 Å². The molecule has 106 valence electrons. The molecule has 1 amide bonds. The van der Waals surface area contributed by atoms with E-state index in [1.54, 1.807) is 6.92 Å². The molecule has 0 fully saturated rings. The predicted molar refractivity (Wildman–Crippen MR) is 81.5 cm³/mol. The Kier molecular flexibility index (Phi) is 3.55. The lowest BCUT2D eigenvalue weighted by Gasteiger charge is -2.04. The van der Waals surface area contributed by atoms with Crippen molar-refractivity contribution in [3.05, 3.63) is 48.5 Å². The molecule has 0 aliphatic carbocycles. The van der Waals surface area contributed by atoms with Gasteiger partial charge in [0, 0.05) is 12.5 Å². The summed E-state index contributed by atoms with van der Waals surface area (Å²) < 4.78 is 5.76. The first-order valence-electron chi connectivity index (χ1n) is 6.77. The molecular formula is C16H15N3O2. The number of fused-ring (bicyclic) bond motifs is 1. The zero-order chi connectivity index (χ0) is 14.7. The molecular weight excluding hydrogens is 266 g/mol. The Morgan fingerprint density at radius 1 is 1.19 bits per heavy atom. The Balaban J connectivity index is 1.84. The molecule has 3 rings (SSSR count). The number of imidazole rings is 1. The number of para-hydroxylation sites is 1. The summed E-state index contributed by atoms with van der Waals surface area (Å²) >= 11 is 0. The van der Waals surface area contributed by atoms with Gasteiger partial charge in [0.1, 0.15) is 11.5 Å². The molecule has 21 heavy (non-hydrogen) atoms. The average molecular weight is 281 g/mol. The lowest BCUT2D eigenvalue weighted by atomic mass is 10.3. The Morgan fingerprint density at radius 3 is 2.76 bits per heavy atom. The summed E-state index contributed by atoms with van der Waals surface area (Å²) in [6, 6.07) is 15.1. The van der Waals surface area contributed by atoms with Crippen molar-refractivity contribution in [3.63, 3.8) is 0 Å². The SMILES string of the molecule is CCC(=O)Nc1nc2ccc(Oc3ccccc3)cc2[nH]1. The summed E-state index contributed by atoms with van der Waals surface area (Å²) in [5.41, 5.74) is 1.59. The molecule has 0 unspecified atom stereocenters. The fourth-order valence-electron chi connectivity index (χ4n) is 1.96. The molecule has 0 spiro atoms. The van der Waals surface area contributed by atoms with Crippen molar-refractivity contribution in [2.75, 3.05) is 5.32 Å². The van der Waals surface area contributed by atoms with Gasteiger partial charge in [-0.25, -0.2) is 4.98 Å². The van der Waals surface area contributed by atoms with Crippen LogP contribution in [0.25, 0.3) is 11.0 Å². The maximum absolute atomic E-state index is 11.4. The number of nitrogens with zero attached hydrogens (tertiary/aromatic N) is 1. The van der Waals surface area contributed by atoms with Crippen molar-refractivity contribution >= 4 is 22.9 Å². The van der Waals surface area contributed by atoms with Crippen molar-refractivity contribution in [1.29, 1.82) is 0 Å². The van der Waals surface area contributed by atoms with E-state index in [9.17, 15) is 4.79 Å². The number of benzene rings is 2. The average Bonchev–Trinajstić information content (AvgIpc) is 2.89. The van der Waals surface area contributed by atoms with E-state index < -0.39 is 0 Å². The first-order valence-corrected chi connectivity index (χ1v) is 6.77. The number of H-pyrrole nitrogens is 1. The first kappa shape index (κ1) is 13.2. The maximum Gasteiger partial charge on any atom is 0.226 e. The second-order valence-corrected chi connectivity index (χ2v) is 4.58. The number of carbonyl (C=O) groups is 1. The lowest BCUT2D eigenvalue weighted by Crippen LogP contribution is -2.10. The minimum absolute atomic E-state index is 0.0742. The number of anilines is 1. The van der Waals surface area contributed by atoms with E-state index in [0.717, 1.165) is 16.8 Å². The van der Waals surface area contributed by atoms with Gasteiger partial charge in [-0.2, -0.15) is 0 Å². The minimum Gasteiger partial charge on any atom is -0.457 e. The van der Waals surface area contributed by atoms with Crippen LogP contribution in [-0.4, -0.2) is 15.9 Å². The van der Waals surface area contributed by atoms with Crippen molar-refractivity contribution in [1.82, 2.24) is 9.97 Å². The number of amides is 1. The second-order valence-electron chi connectivity index (χ2n) is 4.58. The minimum atomic E-state index is -0.0742. The van der Waals surface area contributed by atoms with Gasteiger partial charge in [0.2, 0.25) is 11.9 Å². The largest absolute Gasteiger partial charge is 0.457 e. The van der Waals surface area contributed by atoms with Crippen LogP contribution in [0.4, 0.5) is 5.95 Å². The van der Waals surface area contributed by atoms with Crippen molar-refractivity contribution < 1.29 is 9.53 Å². The van der Waals surface area contributed by atoms with Gasteiger partial charge in [0.05, 0.1) is 11.0 Å². The topological polar surface area (TPSA) is 67.0 Å². The second kappa shape index (κ2) is 5.66. The highest BCUT2D eigenvalue weighted by atomic mass is 16.5. The normalized spacial score (nSPS) is 10.5. The van der Waals surface area contributed by atoms with Crippen molar-refractivity contribution in [2.45, 2.75) is 13.3 Å². The standard InChI is InChI=1S/C16H15N3O2/c1-2-15(20)19-16-17-13-9-8-12(10-14(13)18-16)21-11-6-4-3-5-7-11/h3-10H,2H2,1H3,(H2,17,18,19,20). The van der Waals surface area contributed by atoms with E-state index in [1.807, 2.05) is 48.5 Å². The molecule has 0 aliphatic heterocycles. The number of hydrogen-bond donors (Lipinski definition) is 2. The molecule has 1 aromatic heterocycles. The van der Waals surface area contributed by atoms with Crippen LogP contribution in [-0.2, 0) is 4.79 Å². The molecule has 0 bridgehead atoms. The van der Waals surface area contributed by atoms with E-state index >= 15 is 0 Å². The monoisotopic (exact) mass is 281 g/mol. The van der Waals surface area contributed by atoms with Crippen LogP contribution >= 0.6 is 0 Å². The van der Waals surface area contributed by atoms with Gasteiger partial charge >= 0.3 is 0 Å². The highest BCUT2D eigenvalue weighted by molar-refractivity contribution is 5.91. The van der Waals surface area contributed by atoms with E-state index in [-0.39, 0.29) is 5.91 Å². The van der Waals surface area contributed by atoms with Crippen LogP contribution in [0.3, 0.4) is 0 Å². The van der Waals surface area contributed by atoms with Crippen LogP contribution in [0.5, 0.6) is 11.5 Å². The summed E-state index contributed by atoms with van der Waals surface area (Å²) in [7, 11) is 0. The van der Waals surface area contributed by atoms with Crippen LogP contribution in [0, 0.1) is 0 Å². The zero-order valence-corrected chi connectivity index (χ0v) is 11.6. The molecule has 3 aromatic rings. The third kappa shape index (κ3) is 3.02. The van der Waals surface area contributed by atoms with Gasteiger partial charge in [-0.1, -0.05) is 25.1 Å². The van der Waals surface area contributed by atoms with E-state index in [0.29, 0.717) is 18.1 Å². The van der Waals surface area contributed by atoms with Crippen molar-refractivity contribution in [3.8, 4) is 11.5 Å². The Labute approximate surface area is 122 Å². The number of aromatic amines is 1. The van der Waals surface area contributed by atoms with Crippen LogP contribution in [0.15, 0.2) is 48.5 Å². The van der Waals surface area contributed by atoms with Gasteiger partial charge in [0.25, 0.3) is 0 Å². The van der Waals surface area contributed by atoms with Crippen LogP contribution in [0.1, 0.15) is 13.3 Å². The smallest absolute Gasteiger partial charge is 0.226 e.